The van der Waals surface area contributed by atoms with E-state index in [-0.39, 0.29) is 16.4 Å². The minimum Gasteiger partial charge on any atom is -0.493 e. The van der Waals surface area contributed by atoms with Gasteiger partial charge in [-0.15, -0.1) is 0 Å². The topological polar surface area (TPSA) is 90.7 Å². The summed E-state index contributed by atoms with van der Waals surface area (Å²) in [6.07, 6.45) is 2.89. The van der Waals surface area contributed by atoms with E-state index in [1.54, 1.807) is 24.3 Å². The van der Waals surface area contributed by atoms with Crippen molar-refractivity contribution in [2.75, 3.05) is 19.5 Å². The molecule has 130 valence electrons. The Morgan fingerprint density at radius 1 is 1.16 bits per heavy atom. The minimum absolute atomic E-state index is 0.00358. The van der Waals surface area contributed by atoms with Crippen LogP contribution in [-0.2, 0) is 4.79 Å². The maximum Gasteiger partial charge on any atom is 0.289 e. The van der Waals surface area contributed by atoms with Crippen LogP contribution < -0.4 is 14.8 Å². The van der Waals surface area contributed by atoms with E-state index in [1.165, 1.54) is 38.5 Å². The molecule has 7 nitrogen and oxygen atoms in total. The van der Waals surface area contributed by atoms with Crippen molar-refractivity contribution in [2.45, 2.75) is 0 Å². The third-order valence-corrected chi connectivity index (χ3v) is 3.56. The molecule has 0 aliphatic heterocycles. The van der Waals surface area contributed by atoms with Crippen LogP contribution in [0.5, 0.6) is 11.5 Å². The highest BCUT2D eigenvalue weighted by Crippen LogP contribution is 2.28. The summed E-state index contributed by atoms with van der Waals surface area (Å²) in [6.45, 7) is 0. The maximum atomic E-state index is 12.0. The third-order valence-electron chi connectivity index (χ3n) is 3.25. The molecule has 25 heavy (non-hydrogen) atoms. The summed E-state index contributed by atoms with van der Waals surface area (Å²) < 4.78 is 10.3. The van der Waals surface area contributed by atoms with E-state index < -0.39 is 10.8 Å². The van der Waals surface area contributed by atoms with Crippen LogP contribution in [0.4, 0.5) is 11.4 Å². The van der Waals surface area contributed by atoms with Crippen LogP contribution in [0.2, 0.25) is 5.02 Å². The highest BCUT2D eigenvalue weighted by Gasteiger charge is 2.13. The summed E-state index contributed by atoms with van der Waals surface area (Å²) in [7, 11) is 3.05. The standard InChI is InChI=1S/C17H15ClN2O5/c1-24-15-7-3-11(9-16(15)25-2)4-8-17(21)19-12-5-6-13(18)14(10-12)20(22)23/h3-10H,1-2H3,(H,19,21)/b8-4+. The molecule has 2 aromatic rings. The molecule has 2 aromatic carbocycles. The lowest BCUT2D eigenvalue weighted by Gasteiger charge is -2.07. The molecule has 0 atom stereocenters. The van der Waals surface area contributed by atoms with Crippen LogP contribution in [0.25, 0.3) is 6.08 Å². The average molecular weight is 363 g/mol. The van der Waals surface area contributed by atoms with Gasteiger partial charge in [0.25, 0.3) is 5.69 Å². The fourth-order valence-electron chi connectivity index (χ4n) is 2.04. The molecule has 0 radical (unpaired) electrons. The van der Waals surface area contributed by atoms with E-state index in [2.05, 4.69) is 5.32 Å². The molecule has 1 amide bonds. The first-order valence-electron chi connectivity index (χ1n) is 7.09. The number of anilines is 1. The minimum atomic E-state index is -0.614. The molecule has 0 spiro atoms. The van der Waals surface area contributed by atoms with Crippen LogP contribution in [-0.4, -0.2) is 25.1 Å². The predicted molar refractivity (Wildman–Crippen MR) is 95.3 cm³/mol. The lowest BCUT2D eigenvalue weighted by Crippen LogP contribution is -2.08. The summed E-state index contributed by atoms with van der Waals surface area (Å²) >= 11 is 5.73. The van der Waals surface area contributed by atoms with Crippen molar-refractivity contribution < 1.29 is 19.2 Å². The number of nitro benzene ring substituents is 1. The van der Waals surface area contributed by atoms with E-state index in [0.29, 0.717) is 11.5 Å². The molecule has 1 N–H and O–H groups in total. The molecule has 0 aliphatic rings. The third kappa shape index (κ3) is 4.71. The Morgan fingerprint density at radius 2 is 1.88 bits per heavy atom. The fourth-order valence-corrected chi connectivity index (χ4v) is 2.23. The van der Waals surface area contributed by atoms with Crippen LogP contribution in [0.3, 0.4) is 0 Å². The first-order chi connectivity index (χ1) is 11.9. The number of halogens is 1. The van der Waals surface area contributed by atoms with Crippen LogP contribution >= 0.6 is 11.6 Å². The molecule has 8 heteroatoms. The monoisotopic (exact) mass is 362 g/mol. The van der Waals surface area contributed by atoms with Gasteiger partial charge in [0.2, 0.25) is 5.91 Å². The van der Waals surface area contributed by atoms with Crippen LogP contribution in [0.1, 0.15) is 5.56 Å². The van der Waals surface area contributed by atoms with Crippen LogP contribution in [0.15, 0.2) is 42.5 Å². The SMILES string of the molecule is COc1ccc(/C=C/C(=O)Nc2ccc(Cl)c([N+](=O)[O-])c2)cc1OC. The van der Waals surface area contributed by atoms with Crippen molar-refractivity contribution in [1.29, 1.82) is 0 Å². The zero-order valence-electron chi connectivity index (χ0n) is 13.5. The quantitative estimate of drug-likeness (QED) is 0.478. The summed E-state index contributed by atoms with van der Waals surface area (Å²) in [5.74, 6) is 0.683. The summed E-state index contributed by atoms with van der Waals surface area (Å²) in [5, 5.41) is 13.4. The van der Waals surface area contributed by atoms with Gasteiger partial charge >= 0.3 is 0 Å². The smallest absolute Gasteiger partial charge is 0.289 e. The second-order valence-corrected chi connectivity index (χ2v) is 5.27. The lowest BCUT2D eigenvalue weighted by molar-refractivity contribution is -0.384. The Morgan fingerprint density at radius 3 is 2.52 bits per heavy atom. The van der Waals surface area contributed by atoms with E-state index in [9.17, 15) is 14.9 Å². The molecule has 2 rings (SSSR count). The molecule has 0 aliphatic carbocycles. The number of benzene rings is 2. The predicted octanol–water partition coefficient (Wildman–Crippen LogP) is 3.92. The number of nitrogens with zero attached hydrogens (tertiary/aromatic N) is 1. The zero-order valence-corrected chi connectivity index (χ0v) is 14.2. The summed E-state index contributed by atoms with van der Waals surface area (Å²) in [5.41, 5.74) is 0.733. The number of carbonyl (C=O) groups excluding carboxylic acids is 1. The number of nitro groups is 1. The first kappa shape index (κ1) is 18.3. The molecule has 0 unspecified atom stereocenters. The number of carbonyl (C=O) groups is 1. The van der Waals surface area contributed by atoms with Crippen molar-refractivity contribution in [2.24, 2.45) is 0 Å². The summed E-state index contributed by atoms with van der Waals surface area (Å²) in [4.78, 5) is 22.2. The number of ether oxygens (including phenoxy) is 2. The van der Waals surface area contributed by atoms with Gasteiger partial charge in [0.1, 0.15) is 5.02 Å². The molecular weight excluding hydrogens is 348 g/mol. The van der Waals surface area contributed by atoms with Gasteiger partial charge in [-0.05, 0) is 35.9 Å². The Kier molecular flexibility index (Phi) is 5.97. The van der Waals surface area contributed by atoms with Gasteiger partial charge in [-0.2, -0.15) is 0 Å². The van der Waals surface area contributed by atoms with Crippen molar-refractivity contribution in [3.8, 4) is 11.5 Å². The lowest BCUT2D eigenvalue weighted by atomic mass is 10.2. The number of hydrogen-bond acceptors (Lipinski definition) is 5. The maximum absolute atomic E-state index is 12.0. The second-order valence-electron chi connectivity index (χ2n) is 4.86. The molecule has 0 fully saturated rings. The van der Waals surface area contributed by atoms with Gasteiger partial charge in [-0.3, -0.25) is 14.9 Å². The number of rotatable bonds is 6. The van der Waals surface area contributed by atoms with E-state index in [0.717, 1.165) is 5.56 Å². The van der Waals surface area contributed by atoms with Gasteiger partial charge in [-0.1, -0.05) is 17.7 Å². The van der Waals surface area contributed by atoms with Crippen molar-refractivity contribution >= 4 is 35.0 Å². The van der Waals surface area contributed by atoms with E-state index in [1.807, 2.05) is 0 Å². The number of methoxy groups -OCH3 is 2. The number of hydrogen-bond donors (Lipinski definition) is 1. The molecule has 0 saturated heterocycles. The number of nitrogens with one attached hydrogen (secondary N) is 1. The summed E-state index contributed by atoms with van der Waals surface area (Å²) in [6, 6.07) is 9.24. The normalized spacial score (nSPS) is 10.5. The molecule has 0 bridgehead atoms. The van der Waals surface area contributed by atoms with Crippen molar-refractivity contribution in [3.05, 3.63) is 63.2 Å². The molecule has 0 aromatic heterocycles. The fraction of sp³-hybridized carbons (Fsp3) is 0.118. The second kappa shape index (κ2) is 8.16. The number of amides is 1. The zero-order chi connectivity index (χ0) is 18.4. The molecular formula is C17H15ClN2O5. The average Bonchev–Trinajstić information content (AvgIpc) is 2.61. The highest BCUT2D eigenvalue weighted by molar-refractivity contribution is 6.32. The van der Waals surface area contributed by atoms with E-state index >= 15 is 0 Å². The Labute approximate surface area is 149 Å². The largest absolute Gasteiger partial charge is 0.493 e. The van der Waals surface area contributed by atoms with Crippen molar-refractivity contribution in [3.63, 3.8) is 0 Å². The van der Waals surface area contributed by atoms with Crippen molar-refractivity contribution in [1.82, 2.24) is 0 Å². The first-order valence-corrected chi connectivity index (χ1v) is 7.47. The highest BCUT2D eigenvalue weighted by atomic mass is 35.5. The van der Waals surface area contributed by atoms with Gasteiger partial charge < -0.3 is 14.8 Å². The Hall–Kier alpha value is -3.06. The van der Waals surface area contributed by atoms with Crippen LogP contribution in [0, 0.1) is 10.1 Å². The Balaban J connectivity index is 2.11. The Bertz CT molecular complexity index is 836. The molecule has 0 saturated carbocycles. The van der Waals surface area contributed by atoms with Gasteiger partial charge in [-0.25, -0.2) is 0 Å². The van der Waals surface area contributed by atoms with Gasteiger partial charge in [0.05, 0.1) is 19.1 Å². The molecule has 0 heterocycles. The van der Waals surface area contributed by atoms with Gasteiger partial charge in [0, 0.05) is 17.8 Å². The van der Waals surface area contributed by atoms with E-state index in [4.69, 9.17) is 21.1 Å². The van der Waals surface area contributed by atoms with Gasteiger partial charge in [0.15, 0.2) is 11.5 Å².